The molecule has 1 aliphatic rings. The molecule has 0 saturated heterocycles. The molecular formula is C16H20N2O2. The lowest BCUT2D eigenvalue weighted by molar-refractivity contribution is 0.0697. The second kappa shape index (κ2) is 5.27. The molecule has 1 aliphatic carbocycles. The predicted octanol–water partition coefficient (Wildman–Crippen LogP) is 3.80. The highest BCUT2D eigenvalue weighted by Crippen LogP contribution is 2.40. The van der Waals surface area contributed by atoms with Gasteiger partial charge < -0.3 is 9.67 Å². The Morgan fingerprint density at radius 1 is 1.40 bits per heavy atom. The van der Waals surface area contributed by atoms with Crippen molar-refractivity contribution in [2.75, 3.05) is 0 Å². The summed E-state index contributed by atoms with van der Waals surface area (Å²) < 4.78 is 2.25. The summed E-state index contributed by atoms with van der Waals surface area (Å²) in [5.41, 5.74) is 2.24. The molecule has 1 heterocycles. The number of carboxylic acid groups (broad SMARTS) is 1. The fourth-order valence-electron chi connectivity index (χ4n) is 2.68. The number of fused-ring (bicyclic) bond motifs is 1. The van der Waals surface area contributed by atoms with Crippen molar-refractivity contribution in [3.05, 3.63) is 29.6 Å². The van der Waals surface area contributed by atoms with Crippen molar-refractivity contribution in [1.82, 2.24) is 9.55 Å². The van der Waals surface area contributed by atoms with Gasteiger partial charge in [0, 0.05) is 12.5 Å². The highest BCUT2D eigenvalue weighted by Gasteiger charge is 2.29. The monoisotopic (exact) mass is 272 g/mol. The van der Waals surface area contributed by atoms with Gasteiger partial charge in [0.15, 0.2) is 0 Å². The average molecular weight is 272 g/mol. The lowest BCUT2D eigenvalue weighted by Crippen LogP contribution is -2.04. The smallest absolute Gasteiger partial charge is 0.335 e. The first-order valence-corrected chi connectivity index (χ1v) is 7.44. The minimum absolute atomic E-state index is 0.344. The summed E-state index contributed by atoms with van der Waals surface area (Å²) in [4.78, 5) is 15.9. The minimum Gasteiger partial charge on any atom is -0.478 e. The van der Waals surface area contributed by atoms with Gasteiger partial charge in [-0.3, -0.25) is 0 Å². The van der Waals surface area contributed by atoms with Crippen LogP contribution >= 0.6 is 0 Å². The van der Waals surface area contributed by atoms with Crippen molar-refractivity contribution in [2.45, 2.75) is 51.5 Å². The predicted molar refractivity (Wildman–Crippen MR) is 78.2 cm³/mol. The fraction of sp³-hybridized carbons (Fsp3) is 0.500. The molecule has 106 valence electrons. The quantitative estimate of drug-likeness (QED) is 0.814. The third-order valence-electron chi connectivity index (χ3n) is 3.95. The second-order valence-corrected chi connectivity index (χ2v) is 5.61. The summed E-state index contributed by atoms with van der Waals surface area (Å²) in [6, 6.07) is 5.24. The molecule has 1 saturated carbocycles. The van der Waals surface area contributed by atoms with Gasteiger partial charge in [-0.05, 0) is 37.5 Å². The average Bonchev–Trinajstić information content (AvgIpc) is 3.22. The molecule has 0 spiro atoms. The molecule has 1 fully saturated rings. The summed E-state index contributed by atoms with van der Waals surface area (Å²) in [6.07, 6.45) is 5.93. The van der Waals surface area contributed by atoms with Crippen LogP contribution in [-0.2, 0) is 6.54 Å². The third kappa shape index (κ3) is 2.42. The summed E-state index contributed by atoms with van der Waals surface area (Å²) in [5, 5.41) is 9.15. The Morgan fingerprint density at radius 3 is 2.85 bits per heavy atom. The van der Waals surface area contributed by atoms with E-state index in [1.165, 1.54) is 25.7 Å². The molecule has 2 aromatic rings. The van der Waals surface area contributed by atoms with E-state index in [-0.39, 0.29) is 0 Å². The Balaban J connectivity index is 2.03. The fourth-order valence-corrected chi connectivity index (χ4v) is 2.68. The molecule has 4 heteroatoms. The van der Waals surface area contributed by atoms with Crippen molar-refractivity contribution in [3.8, 4) is 0 Å². The molecule has 3 rings (SSSR count). The van der Waals surface area contributed by atoms with Crippen LogP contribution in [0.15, 0.2) is 18.2 Å². The van der Waals surface area contributed by atoms with Gasteiger partial charge in [-0.15, -0.1) is 0 Å². The van der Waals surface area contributed by atoms with Gasteiger partial charge in [0.2, 0.25) is 0 Å². The molecule has 1 aromatic heterocycles. The number of aromatic nitrogens is 2. The zero-order valence-corrected chi connectivity index (χ0v) is 11.8. The molecular weight excluding hydrogens is 252 g/mol. The van der Waals surface area contributed by atoms with Gasteiger partial charge in [-0.1, -0.05) is 19.8 Å². The molecule has 20 heavy (non-hydrogen) atoms. The molecule has 0 bridgehead atoms. The molecule has 1 aromatic carbocycles. The number of hydrogen-bond donors (Lipinski definition) is 1. The summed E-state index contributed by atoms with van der Waals surface area (Å²) in [6.45, 7) is 3.13. The normalized spacial score (nSPS) is 14.8. The highest BCUT2D eigenvalue weighted by atomic mass is 16.4. The maximum Gasteiger partial charge on any atom is 0.335 e. The van der Waals surface area contributed by atoms with Gasteiger partial charge in [0.05, 0.1) is 16.6 Å². The number of benzene rings is 1. The largest absolute Gasteiger partial charge is 0.478 e. The standard InChI is InChI=1S/C16H20N2O2/c1-2-3-4-9-18-14-10-12(16(19)20)7-8-13(14)17-15(18)11-5-6-11/h7-8,10-11H,2-6,9H2,1H3,(H,19,20). The number of nitrogens with zero attached hydrogens (tertiary/aromatic N) is 2. The Kier molecular flexibility index (Phi) is 3.47. The second-order valence-electron chi connectivity index (χ2n) is 5.61. The van der Waals surface area contributed by atoms with Crippen molar-refractivity contribution in [2.24, 2.45) is 0 Å². The Morgan fingerprint density at radius 2 is 2.20 bits per heavy atom. The number of rotatable bonds is 6. The first kappa shape index (κ1) is 13.2. The van der Waals surface area contributed by atoms with E-state index in [0.29, 0.717) is 11.5 Å². The first-order chi connectivity index (χ1) is 9.70. The molecule has 1 N–H and O–H groups in total. The van der Waals surface area contributed by atoms with Gasteiger partial charge >= 0.3 is 5.97 Å². The number of aryl methyl sites for hydroxylation is 1. The molecule has 0 atom stereocenters. The Labute approximate surface area is 118 Å². The molecule has 0 aliphatic heterocycles. The number of imidazole rings is 1. The highest BCUT2D eigenvalue weighted by molar-refractivity contribution is 5.92. The Bertz CT molecular complexity index is 641. The van der Waals surface area contributed by atoms with E-state index in [4.69, 9.17) is 10.1 Å². The van der Waals surface area contributed by atoms with E-state index in [0.717, 1.165) is 29.8 Å². The maximum atomic E-state index is 11.1. The van der Waals surface area contributed by atoms with Crippen LogP contribution in [0.5, 0.6) is 0 Å². The molecule has 4 nitrogen and oxygen atoms in total. The number of aromatic carboxylic acids is 1. The van der Waals surface area contributed by atoms with Crippen LogP contribution in [0.4, 0.5) is 0 Å². The van der Waals surface area contributed by atoms with E-state index in [1.807, 2.05) is 6.07 Å². The van der Waals surface area contributed by atoms with Crippen LogP contribution in [0.3, 0.4) is 0 Å². The SMILES string of the molecule is CCCCCn1c(C2CC2)nc2ccc(C(=O)O)cc21. The summed E-state index contributed by atoms with van der Waals surface area (Å²) in [7, 11) is 0. The number of carbonyl (C=O) groups is 1. The van der Waals surface area contributed by atoms with Crippen LogP contribution in [0, 0.1) is 0 Å². The van der Waals surface area contributed by atoms with E-state index in [1.54, 1.807) is 12.1 Å². The number of unbranched alkanes of at least 4 members (excludes halogenated alkanes) is 2. The zero-order chi connectivity index (χ0) is 14.1. The van der Waals surface area contributed by atoms with E-state index in [2.05, 4.69) is 11.5 Å². The Hall–Kier alpha value is -1.84. The molecule has 0 radical (unpaired) electrons. The van der Waals surface area contributed by atoms with Crippen LogP contribution in [-0.4, -0.2) is 20.6 Å². The van der Waals surface area contributed by atoms with Gasteiger partial charge in [0.25, 0.3) is 0 Å². The lowest BCUT2D eigenvalue weighted by Gasteiger charge is -2.08. The van der Waals surface area contributed by atoms with Gasteiger partial charge in [-0.2, -0.15) is 0 Å². The van der Waals surface area contributed by atoms with Gasteiger partial charge in [-0.25, -0.2) is 9.78 Å². The van der Waals surface area contributed by atoms with Crippen molar-refractivity contribution < 1.29 is 9.90 Å². The van der Waals surface area contributed by atoms with Crippen LogP contribution in [0.2, 0.25) is 0 Å². The summed E-state index contributed by atoms with van der Waals surface area (Å²) >= 11 is 0. The van der Waals surface area contributed by atoms with E-state index in [9.17, 15) is 4.79 Å². The van der Waals surface area contributed by atoms with E-state index < -0.39 is 5.97 Å². The van der Waals surface area contributed by atoms with Crippen LogP contribution in [0.25, 0.3) is 11.0 Å². The van der Waals surface area contributed by atoms with E-state index >= 15 is 0 Å². The topological polar surface area (TPSA) is 55.1 Å². The maximum absolute atomic E-state index is 11.1. The van der Waals surface area contributed by atoms with Crippen LogP contribution < -0.4 is 0 Å². The van der Waals surface area contributed by atoms with Crippen molar-refractivity contribution in [1.29, 1.82) is 0 Å². The number of carboxylic acids is 1. The molecule has 0 unspecified atom stereocenters. The van der Waals surface area contributed by atoms with Crippen molar-refractivity contribution >= 4 is 17.0 Å². The minimum atomic E-state index is -0.874. The van der Waals surface area contributed by atoms with Gasteiger partial charge in [0.1, 0.15) is 5.82 Å². The zero-order valence-electron chi connectivity index (χ0n) is 11.8. The number of hydrogen-bond acceptors (Lipinski definition) is 2. The third-order valence-corrected chi connectivity index (χ3v) is 3.95. The van der Waals surface area contributed by atoms with Crippen molar-refractivity contribution in [3.63, 3.8) is 0 Å². The lowest BCUT2D eigenvalue weighted by atomic mass is 10.2. The first-order valence-electron chi connectivity index (χ1n) is 7.44. The summed E-state index contributed by atoms with van der Waals surface area (Å²) in [5.74, 6) is 0.858. The molecule has 0 amide bonds. The van der Waals surface area contributed by atoms with Crippen LogP contribution in [0.1, 0.15) is 61.1 Å².